The zero-order valence-electron chi connectivity index (χ0n) is 7.07. The van der Waals surface area contributed by atoms with Crippen LogP contribution in [0.15, 0.2) is 0 Å². The highest BCUT2D eigenvalue weighted by Crippen LogP contribution is 2.45. The highest BCUT2D eigenvalue weighted by Gasteiger charge is 2.80. The third kappa shape index (κ3) is 1.50. The molecule has 1 heterocycles. The summed E-state index contributed by atoms with van der Waals surface area (Å²) >= 11 is 4.01. The second-order valence-corrected chi connectivity index (χ2v) is 3.40. The molecule has 94 valence electrons. The zero-order valence-corrected chi connectivity index (χ0v) is 7.89. The molecule has 0 saturated carbocycles. The minimum absolute atomic E-state index is 0.948. The SMILES string of the molecule is OC1(C(F)(F)F)NC(=S)NC1(O)C(F)(F)F. The van der Waals surface area contributed by atoms with Gasteiger partial charge in [0.15, 0.2) is 5.11 Å². The van der Waals surface area contributed by atoms with Gasteiger partial charge in [-0.1, -0.05) is 0 Å². The van der Waals surface area contributed by atoms with E-state index < -0.39 is 28.9 Å². The van der Waals surface area contributed by atoms with Gasteiger partial charge in [0.2, 0.25) is 0 Å². The third-order valence-corrected chi connectivity index (χ3v) is 2.14. The van der Waals surface area contributed by atoms with E-state index in [4.69, 9.17) is 10.2 Å². The Hall–Kier alpha value is -0.810. The van der Waals surface area contributed by atoms with E-state index in [1.807, 2.05) is 0 Å². The molecule has 0 aliphatic carbocycles. The molecule has 11 heteroatoms. The second kappa shape index (κ2) is 3.11. The number of thiocarbonyl (C=S) groups is 1. The maximum atomic E-state index is 12.3. The zero-order chi connectivity index (χ0) is 13.0. The summed E-state index contributed by atoms with van der Waals surface area (Å²) in [6.45, 7) is 0. The Bertz CT molecular complexity index is 300. The van der Waals surface area contributed by atoms with Gasteiger partial charge in [0, 0.05) is 0 Å². The van der Waals surface area contributed by atoms with Gasteiger partial charge in [-0.15, -0.1) is 0 Å². The highest BCUT2D eigenvalue weighted by atomic mass is 32.1. The predicted molar refractivity (Wildman–Crippen MR) is 40.9 cm³/mol. The van der Waals surface area contributed by atoms with Crippen LogP contribution < -0.4 is 10.6 Å². The first-order valence-corrected chi connectivity index (χ1v) is 3.94. The fourth-order valence-corrected chi connectivity index (χ4v) is 1.39. The first-order valence-electron chi connectivity index (χ1n) is 3.54. The minimum atomic E-state index is -5.79. The molecule has 2 unspecified atom stereocenters. The summed E-state index contributed by atoms with van der Waals surface area (Å²) in [4.78, 5) is 0. The van der Waals surface area contributed by atoms with E-state index in [9.17, 15) is 26.3 Å². The monoisotopic (exact) mass is 270 g/mol. The van der Waals surface area contributed by atoms with Crippen LogP contribution in [-0.4, -0.2) is 39.1 Å². The van der Waals surface area contributed by atoms with Crippen LogP contribution in [0.4, 0.5) is 26.3 Å². The van der Waals surface area contributed by atoms with Crippen LogP contribution in [-0.2, 0) is 0 Å². The van der Waals surface area contributed by atoms with Crippen molar-refractivity contribution in [2.45, 2.75) is 23.8 Å². The summed E-state index contributed by atoms with van der Waals surface area (Å²) in [7, 11) is 0. The average Bonchev–Trinajstić information content (AvgIpc) is 2.21. The summed E-state index contributed by atoms with van der Waals surface area (Å²) in [5.74, 6) is 0. The van der Waals surface area contributed by atoms with Crippen molar-refractivity contribution in [3.05, 3.63) is 0 Å². The molecular formula is C5H4F6N2O2S. The Labute approximate surface area is 89.2 Å². The standard InChI is InChI=1S/C5H4F6N2O2S/c6-4(7,8)2(14)3(15,5(9,10)11)13-1(16)12-2/h14-15H,(H2,12,13,16). The minimum Gasteiger partial charge on any atom is -0.360 e. The van der Waals surface area contributed by atoms with E-state index in [-0.39, 0.29) is 0 Å². The van der Waals surface area contributed by atoms with Gasteiger partial charge < -0.3 is 20.8 Å². The van der Waals surface area contributed by atoms with Gasteiger partial charge in [0.25, 0.3) is 11.4 Å². The molecule has 0 radical (unpaired) electrons. The summed E-state index contributed by atoms with van der Waals surface area (Å²) < 4.78 is 73.6. The summed E-state index contributed by atoms with van der Waals surface area (Å²) in [6, 6.07) is 0. The van der Waals surface area contributed by atoms with Crippen LogP contribution >= 0.6 is 12.2 Å². The molecule has 0 spiro atoms. The van der Waals surface area contributed by atoms with Gasteiger partial charge >= 0.3 is 12.4 Å². The lowest BCUT2D eigenvalue weighted by Crippen LogP contribution is -2.74. The summed E-state index contributed by atoms with van der Waals surface area (Å²) in [5, 5.41) is 18.5. The number of hydrogen-bond donors (Lipinski definition) is 4. The highest BCUT2D eigenvalue weighted by molar-refractivity contribution is 7.80. The topological polar surface area (TPSA) is 64.5 Å². The molecule has 1 aliphatic heterocycles. The molecule has 2 atom stereocenters. The van der Waals surface area contributed by atoms with Gasteiger partial charge in [-0.05, 0) is 12.2 Å². The Kier molecular flexibility index (Phi) is 2.57. The maximum absolute atomic E-state index is 12.3. The smallest absolute Gasteiger partial charge is 0.360 e. The van der Waals surface area contributed by atoms with E-state index in [1.165, 1.54) is 0 Å². The first kappa shape index (κ1) is 13.3. The molecule has 4 N–H and O–H groups in total. The second-order valence-electron chi connectivity index (χ2n) is 3.00. The summed E-state index contributed by atoms with van der Waals surface area (Å²) in [5.41, 5.74) is -9.26. The maximum Gasteiger partial charge on any atom is 0.441 e. The van der Waals surface area contributed by atoms with E-state index >= 15 is 0 Å². The lowest BCUT2D eigenvalue weighted by atomic mass is 10.0. The molecule has 0 aromatic heterocycles. The number of nitrogens with one attached hydrogen (secondary N) is 2. The van der Waals surface area contributed by atoms with Crippen molar-refractivity contribution in [1.82, 2.24) is 10.6 Å². The molecular weight excluding hydrogens is 266 g/mol. The van der Waals surface area contributed by atoms with Crippen LogP contribution in [0.25, 0.3) is 0 Å². The first-order chi connectivity index (χ1) is 6.85. The molecule has 0 bridgehead atoms. The number of rotatable bonds is 0. The predicted octanol–water partition coefficient (Wildman–Crippen LogP) is -0.0341. The van der Waals surface area contributed by atoms with Crippen molar-refractivity contribution < 1.29 is 36.6 Å². The van der Waals surface area contributed by atoms with Crippen LogP contribution in [0.1, 0.15) is 0 Å². The molecule has 0 aromatic rings. The van der Waals surface area contributed by atoms with E-state index in [2.05, 4.69) is 12.2 Å². The molecule has 0 amide bonds. The van der Waals surface area contributed by atoms with Crippen molar-refractivity contribution in [2.24, 2.45) is 0 Å². The van der Waals surface area contributed by atoms with Crippen LogP contribution in [0.2, 0.25) is 0 Å². The van der Waals surface area contributed by atoms with Crippen LogP contribution in [0.5, 0.6) is 0 Å². The van der Waals surface area contributed by atoms with Crippen LogP contribution in [0, 0.1) is 0 Å². The largest absolute Gasteiger partial charge is 0.441 e. The van der Waals surface area contributed by atoms with Gasteiger partial charge in [-0.25, -0.2) is 0 Å². The Morgan fingerprint density at radius 2 is 1.12 bits per heavy atom. The quantitative estimate of drug-likeness (QED) is 0.368. The normalized spacial score (nSPS) is 35.9. The van der Waals surface area contributed by atoms with Crippen molar-refractivity contribution in [3.8, 4) is 0 Å². The van der Waals surface area contributed by atoms with E-state index in [0.29, 0.717) is 0 Å². The lowest BCUT2D eigenvalue weighted by molar-refractivity contribution is -0.385. The lowest BCUT2D eigenvalue weighted by Gasteiger charge is -2.37. The fraction of sp³-hybridized carbons (Fsp3) is 0.800. The van der Waals surface area contributed by atoms with Gasteiger partial charge in [0.1, 0.15) is 0 Å². The van der Waals surface area contributed by atoms with E-state index in [1.54, 1.807) is 0 Å². The third-order valence-electron chi connectivity index (χ3n) is 1.93. The molecule has 1 saturated heterocycles. The van der Waals surface area contributed by atoms with Crippen molar-refractivity contribution in [2.75, 3.05) is 0 Å². The number of aliphatic hydroxyl groups is 2. The Balaban J connectivity index is 3.34. The van der Waals surface area contributed by atoms with Crippen molar-refractivity contribution >= 4 is 17.3 Å². The van der Waals surface area contributed by atoms with Gasteiger partial charge in [-0.2, -0.15) is 26.3 Å². The molecule has 1 aliphatic rings. The fourth-order valence-electron chi connectivity index (χ4n) is 1.09. The summed E-state index contributed by atoms with van der Waals surface area (Å²) in [6.07, 6.45) is -11.6. The Morgan fingerprint density at radius 3 is 1.31 bits per heavy atom. The number of halogens is 6. The molecule has 16 heavy (non-hydrogen) atoms. The van der Waals surface area contributed by atoms with Crippen molar-refractivity contribution in [1.29, 1.82) is 0 Å². The average molecular weight is 270 g/mol. The molecule has 4 nitrogen and oxygen atoms in total. The number of alkyl halides is 6. The van der Waals surface area contributed by atoms with Crippen LogP contribution in [0.3, 0.4) is 0 Å². The Morgan fingerprint density at radius 1 is 0.875 bits per heavy atom. The van der Waals surface area contributed by atoms with Crippen molar-refractivity contribution in [3.63, 3.8) is 0 Å². The van der Waals surface area contributed by atoms with E-state index in [0.717, 1.165) is 10.6 Å². The number of hydrogen-bond acceptors (Lipinski definition) is 3. The molecule has 0 aromatic carbocycles. The molecule has 1 fully saturated rings. The molecule has 1 rings (SSSR count). The van der Waals surface area contributed by atoms with Gasteiger partial charge in [0.05, 0.1) is 0 Å². The van der Waals surface area contributed by atoms with Gasteiger partial charge in [-0.3, -0.25) is 0 Å².